The van der Waals surface area contributed by atoms with Gasteiger partial charge in [-0.15, -0.1) is 0 Å². The average molecular weight is 410 g/mol. The fraction of sp³-hybridized carbons (Fsp3) is 0.409. The van der Waals surface area contributed by atoms with Gasteiger partial charge in [-0.2, -0.15) is 0 Å². The molecule has 0 spiro atoms. The molecule has 0 aliphatic rings. The SMILES string of the molecule is Cc1ccc(Nc2ncnc3cc(C(=O)NCCCN(C)C)[nH]c23)c(NC(C)C)c1. The molecule has 0 atom stereocenters. The number of H-pyrrole nitrogens is 1. The van der Waals surface area contributed by atoms with Crippen LogP contribution < -0.4 is 16.0 Å². The van der Waals surface area contributed by atoms with E-state index in [4.69, 9.17) is 0 Å². The van der Waals surface area contributed by atoms with Crippen molar-refractivity contribution < 1.29 is 4.79 Å². The largest absolute Gasteiger partial charge is 0.381 e. The molecule has 3 aromatic rings. The zero-order valence-corrected chi connectivity index (χ0v) is 18.3. The first-order valence-electron chi connectivity index (χ1n) is 10.2. The first kappa shape index (κ1) is 21.6. The van der Waals surface area contributed by atoms with Crippen LogP contribution in [0.3, 0.4) is 0 Å². The highest BCUT2D eigenvalue weighted by atomic mass is 16.1. The minimum atomic E-state index is -0.143. The Labute approximate surface area is 177 Å². The topological polar surface area (TPSA) is 98.0 Å². The lowest BCUT2D eigenvalue weighted by molar-refractivity contribution is 0.0948. The van der Waals surface area contributed by atoms with Gasteiger partial charge in [0.25, 0.3) is 5.91 Å². The molecule has 0 aliphatic carbocycles. The molecule has 160 valence electrons. The second-order valence-electron chi connectivity index (χ2n) is 8.05. The van der Waals surface area contributed by atoms with Gasteiger partial charge in [0.05, 0.1) is 16.9 Å². The number of nitrogens with one attached hydrogen (secondary N) is 4. The minimum absolute atomic E-state index is 0.143. The molecule has 8 heteroatoms. The molecule has 0 aliphatic heterocycles. The number of amides is 1. The molecule has 0 fully saturated rings. The van der Waals surface area contributed by atoms with Crippen LogP contribution in [0.2, 0.25) is 0 Å². The molecule has 0 bridgehead atoms. The molecule has 1 aromatic carbocycles. The number of benzene rings is 1. The molecule has 30 heavy (non-hydrogen) atoms. The summed E-state index contributed by atoms with van der Waals surface area (Å²) in [6.07, 6.45) is 2.39. The second-order valence-corrected chi connectivity index (χ2v) is 8.05. The summed E-state index contributed by atoms with van der Waals surface area (Å²) in [4.78, 5) is 26.5. The highest BCUT2D eigenvalue weighted by molar-refractivity contribution is 5.99. The van der Waals surface area contributed by atoms with Crippen molar-refractivity contribution in [3.63, 3.8) is 0 Å². The molecular weight excluding hydrogens is 378 g/mol. The lowest BCUT2D eigenvalue weighted by Gasteiger charge is -2.16. The van der Waals surface area contributed by atoms with E-state index < -0.39 is 0 Å². The van der Waals surface area contributed by atoms with Crippen LogP contribution in [-0.4, -0.2) is 59.0 Å². The van der Waals surface area contributed by atoms with Crippen LogP contribution in [-0.2, 0) is 0 Å². The standard InChI is InChI=1S/C22H31N7O/c1-14(2)26-17-11-15(3)7-8-16(17)28-21-20-18(24-13-25-21)12-19(27-20)22(30)23-9-6-10-29(4)5/h7-8,11-14,26-27H,6,9-10H2,1-5H3,(H,23,30)(H,24,25,28). The number of hydrogen-bond donors (Lipinski definition) is 4. The number of hydrogen-bond acceptors (Lipinski definition) is 6. The van der Waals surface area contributed by atoms with Gasteiger partial charge in [-0.25, -0.2) is 9.97 Å². The highest BCUT2D eigenvalue weighted by Gasteiger charge is 2.14. The maximum Gasteiger partial charge on any atom is 0.267 e. The third kappa shape index (κ3) is 5.48. The van der Waals surface area contributed by atoms with Crippen LogP contribution in [0.5, 0.6) is 0 Å². The molecule has 2 heterocycles. The maximum atomic E-state index is 12.5. The number of aromatic nitrogens is 3. The Morgan fingerprint density at radius 1 is 1.17 bits per heavy atom. The zero-order valence-electron chi connectivity index (χ0n) is 18.3. The smallest absolute Gasteiger partial charge is 0.267 e. The quantitative estimate of drug-likeness (QED) is 0.404. The monoisotopic (exact) mass is 409 g/mol. The van der Waals surface area contributed by atoms with Crippen molar-refractivity contribution in [3.05, 3.63) is 41.9 Å². The molecule has 0 saturated heterocycles. The zero-order chi connectivity index (χ0) is 21.7. The normalized spacial score (nSPS) is 11.3. The molecule has 8 nitrogen and oxygen atoms in total. The van der Waals surface area contributed by atoms with Crippen molar-refractivity contribution in [2.45, 2.75) is 33.2 Å². The van der Waals surface area contributed by atoms with E-state index in [1.54, 1.807) is 6.07 Å². The van der Waals surface area contributed by atoms with Crippen LogP contribution in [0.4, 0.5) is 17.2 Å². The number of anilines is 3. The van der Waals surface area contributed by atoms with Crippen molar-refractivity contribution in [2.24, 2.45) is 0 Å². The van der Waals surface area contributed by atoms with Gasteiger partial charge in [0.15, 0.2) is 5.82 Å². The summed E-state index contributed by atoms with van der Waals surface area (Å²) in [5.41, 5.74) is 4.96. The summed E-state index contributed by atoms with van der Waals surface area (Å²) in [7, 11) is 4.03. The molecule has 4 N–H and O–H groups in total. The Morgan fingerprint density at radius 3 is 2.70 bits per heavy atom. The van der Waals surface area contributed by atoms with E-state index in [1.807, 2.05) is 26.2 Å². The summed E-state index contributed by atoms with van der Waals surface area (Å²) in [6.45, 7) is 7.81. The number of aryl methyl sites for hydroxylation is 1. The Balaban J connectivity index is 1.80. The summed E-state index contributed by atoms with van der Waals surface area (Å²) in [5.74, 6) is 0.484. The van der Waals surface area contributed by atoms with Gasteiger partial charge in [0.2, 0.25) is 0 Å². The van der Waals surface area contributed by atoms with E-state index in [2.05, 4.69) is 62.6 Å². The van der Waals surface area contributed by atoms with Gasteiger partial charge in [-0.1, -0.05) is 6.07 Å². The number of rotatable bonds is 9. The van der Waals surface area contributed by atoms with Gasteiger partial charge in [-0.05, 0) is 71.6 Å². The summed E-state index contributed by atoms with van der Waals surface area (Å²) in [5, 5.41) is 9.79. The van der Waals surface area contributed by atoms with E-state index in [0.717, 1.165) is 24.3 Å². The fourth-order valence-corrected chi connectivity index (χ4v) is 3.17. The van der Waals surface area contributed by atoms with Crippen molar-refractivity contribution in [1.82, 2.24) is 25.2 Å². The Hall–Kier alpha value is -3.13. The van der Waals surface area contributed by atoms with Crippen LogP contribution >= 0.6 is 0 Å². The number of fused-ring (bicyclic) bond motifs is 1. The Morgan fingerprint density at radius 2 is 1.97 bits per heavy atom. The van der Waals surface area contributed by atoms with Gasteiger partial charge in [-0.3, -0.25) is 4.79 Å². The maximum absolute atomic E-state index is 12.5. The second kappa shape index (κ2) is 9.58. The van der Waals surface area contributed by atoms with E-state index in [-0.39, 0.29) is 5.91 Å². The third-order valence-corrected chi connectivity index (χ3v) is 4.60. The van der Waals surface area contributed by atoms with E-state index in [9.17, 15) is 4.79 Å². The predicted molar refractivity (Wildman–Crippen MR) is 123 cm³/mol. The lowest BCUT2D eigenvalue weighted by atomic mass is 10.1. The molecule has 0 saturated carbocycles. The number of carbonyl (C=O) groups is 1. The number of carbonyl (C=O) groups excluding carboxylic acids is 1. The predicted octanol–water partition coefficient (Wildman–Crippen LogP) is 3.51. The number of aromatic amines is 1. The van der Waals surface area contributed by atoms with E-state index in [0.29, 0.717) is 35.1 Å². The van der Waals surface area contributed by atoms with Crippen molar-refractivity contribution in [2.75, 3.05) is 37.8 Å². The highest BCUT2D eigenvalue weighted by Crippen LogP contribution is 2.29. The number of nitrogens with zero attached hydrogens (tertiary/aromatic N) is 3. The molecule has 3 rings (SSSR count). The summed E-state index contributed by atoms with van der Waals surface area (Å²) in [6, 6.07) is 8.22. The van der Waals surface area contributed by atoms with Gasteiger partial charge in [0.1, 0.15) is 17.5 Å². The lowest BCUT2D eigenvalue weighted by Crippen LogP contribution is -2.27. The van der Waals surface area contributed by atoms with Crippen LogP contribution in [0.25, 0.3) is 11.0 Å². The minimum Gasteiger partial charge on any atom is -0.381 e. The molecule has 2 aromatic heterocycles. The third-order valence-electron chi connectivity index (χ3n) is 4.60. The molecular formula is C22H31N7O. The molecule has 0 unspecified atom stereocenters. The van der Waals surface area contributed by atoms with Crippen LogP contribution in [0.15, 0.2) is 30.6 Å². The summed E-state index contributed by atoms with van der Waals surface area (Å²) < 4.78 is 0. The average Bonchev–Trinajstić information content (AvgIpc) is 3.12. The van der Waals surface area contributed by atoms with Gasteiger partial charge in [0, 0.05) is 12.6 Å². The fourth-order valence-electron chi connectivity index (χ4n) is 3.17. The first-order chi connectivity index (χ1) is 14.3. The molecule has 1 amide bonds. The van der Waals surface area contributed by atoms with Gasteiger partial charge >= 0.3 is 0 Å². The van der Waals surface area contributed by atoms with Crippen molar-refractivity contribution >= 4 is 34.1 Å². The van der Waals surface area contributed by atoms with E-state index in [1.165, 1.54) is 11.9 Å². The van der Waals surface area contributed by atoms with Crippen LogP contribution in [0.1, 0.15) is 36.3 Å². The van der Waals surface area contributed by atoms with E-state index >= 15 is 0 Å². The molecule has 0 radical (unpaired) electrons. The Kier molecular flexibility index (Phi) is 6.89. The van der Waals surface area contributed by atoms with Gasteiger partial charge < -0.3 is 25.8 Å². The summed E-state index contributed by atoms with van der Waals surface area (Å²) >= 11 is 0. The van der Waals surface area contributed by atoms with Crippen LogP contribution in [0, 0.1) is 6.92 Å². The first-order valence-corrected chi connectivity index (χ1v) is 10.2. The van der Waals surface area contributed by atoms with Crippen molar-refractivity contribution in [1.29, 1.82) is 0 Å². The van der Waals surface area contributed by atoms with Crippen molar-refractivity contribution in [3.8, 4) is 0 Å². The Bertz CT molecular complexity index is 1010.